The van der Waals surface area contributed by atoms with Crippen LogP contribution in [0.15, 0.2) is 59.6 Å². The van der Waals surface area contributed by atoms with Gasteiger partial charge < -0.3 is 10.2 Å². The van der Waals surface area contributed by atoms with Crippen molar-refractivity contribution in [2.75, 3.05) is 18.8 Å². The highest BCUT2D eigenvalue weighted by Gasteiger charge is 2.40. The zero-order valence-corrected chi connectivity index (χ0v) is 21.8. The Hall–Kier alpha value is -2.80. The van der Waals surface area contributed by atoms with Gasteiger partial charge in [-0.05, 0) is 61.1 Å². The van der Waals surface area contributed by atoms with Crippen LogP contribution in [0.4, 0.5) is 4.79 Å². The number of hydrogen-bond acceptors (Lipinski definition) is 4. The fourth-order valence-corrected chi connectivity index (χ4v) is 6.00. The molecule has 188 valence electrons. The molecule has 2 amide bonds. The minimum atomic E-state index is -0.0112. The van der Waals surface area contributed by atoms with Gasteiger partial charge in [-0.1, -0.05) is 37.3 Å². The van der Waals surface area contributed by atoms with Crippen LogP contribution in [-0.4, -0.2) is 44.5 Å². The Bertz CT molecular complexity index is 1190. The molecular weight excluding hydrogens is 466 g/mol. The Morgan fingerprint density at radius 2 is 1.86 bits per heavy atom. The molecule has 2 aromatic heterocycles. The van der Waals surface area contributed by atoms with Crippen molar-refractivity contribution in [2.45, 2.75) is 68.3 Å². The summed E-state index contributed by atoms with van der Waals surface area (Å²) in [4.78, 5) is 21.0. The highest BCUT2D eigenvalue weighted by Crippen LogP contribution is 2.45. The van der Waals surface area contributed by atoms with Gasteiger partial charge in [0, 0.05) is 54.2 Å². The quantitative estimate of drug-likeness (QED) is 0.378. The van der Waals surface area contributed by atoms with Crippen molar-refractivity contribution in [3.05, 3.63) is 77.4 Å². The van der Waals surface area contributed by atoms with E-state index in [4.69, 9.17) is 5.10 Å². The molecule has 2 atom stereocenters. The topological polar surface area (TPSA) is 63.1 Å². The van der Waals surface area contributed by atoms with Gasteiger partial charge in [-0.2, -0.15) is 5.10 Å². The van der Waals surface area contributed by atoms with E-state index in [1.165, 1.54) is 42.6 Å². The van der Waals surface area contributed by atoms with Gasteiger partial charge in [-0.3, -0.25) is 9.67 Å². The number of likely N-dealkylation sites (tertiary alicyclic amines) is 1. The number of carbonyl (C=O) groups is 1. The van der Waals surface area contributed by atoms with Crippen LogP contribution in [-0.2, 0) is 13.1 Å². The second-order valence-electron chi connectivity index (χ2n) is 10.5. The van der Waals surface area contributed by atoms with E-state index in [0.717, 1.165) is 28.8 Å². The van der Waals surface area contributed by atoms with Gasteiger partial charge in [0.1, 0.15) is 0 Å². The summed E-state index contributed by atoms with van der Waals surface area (Å²) in [6.07, 6.45) is 7.03. The maximum Gasteiger partial charge on any atom is 0.317 e. The molecule has 6 rings (SSSR count). The van der Waals surface area contributed by atoms with Crippen molar-refractivity contribution in [3.8, 4) is 0 Å². The molecule has 3 aliphatic rings. The Labute approximate surface area is 217 Å². The number of pyridine rings is 1. The lowest BCUT2D eigenvalue weighted by Crippen LogP contribution is -2.38. The molecule has 2 aliphatic carbocycles. The van der Waals surface area contributed by atoms with Gasteiger partial charge in [0.05, 0.1) is 17.9 Å². The molecule has 0 spiro atoms. The molecule has 0 radical (unpaired) electrons. The highest BCUT2D eigenvalue weighted by molar-refractivity contribution is 7.99. The van der Waals surface area contributed by atoms with Crippen LogP contribution >= 0.6 is 11.8 Å². The largest absolute Gasteiger partial charge is 0.332 e. The van der Waals surface area contributed by atoms with Gasteiger partial charge in [0.25, 0.3) is 0 Å². The number of thioether (sulfide) groups is 1. The van der Waals surface area contributed by atoms with Gasteiger partial charge in [0.15, 0.2) is 0 Å². The van der Waals surface area contributed by atoms with Gasteiger partial charge in [-0.15, -0.1) is 11.8 Å². The third kappa shape index (κ3) is 5.31. The molecule has 1 aliphatic heterocycles. The molecule has 2 unspecified atom stereocenters. The number of carbonyl (C=O) groups excluding carboxylic acids is 1. The molecule has 3 heterocycles. The number of amides is 2. The predicted octanol–water partition coefficient (Wildman–Crippen LogP) is 5.77. The normalized spacial score (nSPS) is 21.6. The summed E-state index contributed by atoms with van der Waals surface area (Å²) in [6.45, 7) is 5.03. The Balaban J connectivity index is 1.20. The van der Waals surface area contributed by atoms with Gasteiger partial charge >= 0.3 is 6.03 Å². The number of nitrogens with one attached hydrogen (secondary N) is 1. The average molecular weight is 502 g/mol. The predicted molar refractivity (Wildman–Crippen MR) is 143 cm³/mol. The molecular formula is C29H35N5OS. The SMILES string of the molecule is CCSc1ccc(CNC(=O)N2CC(c3ccccc3)C(c3cc(C4CC4)nn3CC3CC3)C2)nc1. The van der Waals surface area contributed by atoms with Crippen LogP contribution in [0.1, 0.15) is 73.0 Å². The summed E-state index contributed by atoms with van der Waals surface area (Å²) in [6, 6.07) is 17.1. The van der Waals surface area contributed by atoms with E-state index < -0.39 is 0 Å². The van der Waals surface area contributed by atoms with Crippen molar-refractivity contribution in [1.29, 1.82) is 0 Å². The van der Waals surface area contributed by atoms with Crippen LogP contribution < -0.4 is 5.32 Å². The van der Waals surface area contributed by atoms with E-state index in [1.54, 1.807) is 11.8 Å². The van der Waals surface area contributed by atoms with Crippen molar-refractivity contribution in [2.24, 2.45) is 5.92 Å². The van der Waals surface area contributed by atoms with Crippen LogP contribution in [0.2, 0.25) is 0 Å². The van der Waals surface area contributed by atoms with Crippen LogP contribution in [0.25, 0.3) is 0 Å². The molecule has 3 fully saturated rings. The molecule has 1 saturated heterocycles. The fourth-order valence-electron chi connectivity index (χ4n) is 5.37. The van der Waals surface area contributed by atoms with Crippen LogP contribution in [0, 0.1) is 5.92 Å². The molecule has 1 N–H and O–H groups in total. The van der Waals surface area contributed by atoms with E-state index in [1.807, 2.05) is 17.2 Å². The minimum Gasteiger partial charge on any atom is -0.332 e. The Kier molecular flexibility index (Phi) is 6.74. The zero-order chi connectivity index (χ0) is 24.5. The monoisotopic (exact) mass is 501 g/mol. The van der Waals surface area contributed by atoms with Crippen LogP contribution in [0.5, 0.6) is 0 Å². The summed E-state index contributed by atoms with van der Waals surface area (Å²) in [5.74, 6) is 2.94. The van der Waals surface area contributed by atoms with Gasteiger partial charge in [-0.25, -0.2) is 4.79 Å². The van der Waals surface area contributed by atoms with Crippen molar-refractivity contribution >= 4 is 17.8 Å². The smallest absolute Gasteiger partial charge is 0.317 e. The van der Waals surface area contributed by atoms with E-state index in [0.29, 0.717) is 25.6 Å². The Morgan fingerprint density at radius 3 is 2.56 bits per heavy atom. The first-order valence-electron chi connectivity index (χ1n) is 13.4. The first kappa shape index (κ1) is 23.6. The molecule has 7 heteroatoms. The second-order valence-corrected chi connectivity index (χ2v) is 11.8. The average Bonchev–Trinajstić information content (AvgIpc) is 3.83. The molecule has 36 heavy (non-hydrogen) atoms. The molecule has 3 aromatic rings. The summed E-state index contributed by atoms with van der Waals surface area (Å²) < 4.78 is 2.30. The number of benzene rings is 1. The minimum absolute atomic E-state index is 0.0112. The van der Waals surface area contributed by atoms with Crippen molar-refractivity contribution < 1.29 is 4.79 Å². The van der Waals surface area contributed by atoms with Crippen molar-refractivity contribution in [3.63, 3.8) is 0 Å². The number of nitrogens with zero attached hydrogens (tertiary/aromatic N) is 4. The van der Waals surface area contributed by atoms with E-state index in [-0.39, 0.29) is 17.9 Å². The second kappa shape index (κ2) is 10.3. The zero-order valence-electron chi connectivity index (χ0n) is 21.0. The molecule has 2 saturated carbocycles. The molecule has 6 nitrogen and oxygen atoms in total. The Morgan fingerprint density at radius 1 is 1.06 bits per heavy atom. The standard InChI is InChI=1S/C29H35N5OS/c1-2-36-24-13-12-23(30-16-24)15-31-29(35)33-18-25(21-6-4-3-5-7-21)26(19-33)28-14-27(22-10-11-22)32-34(28)17-20-8-9-20/h3-7,12-14,16,20,22,25-26H,2,8-11,15,17-19H2,1H3,(H,31,35). The number of aromatic nitrogens is 3. The lowest BCUT2D eigenvalue weighted by Gasteiger charge is -2.20. The number of urea groups is 1. The third-order valence-corrected chi connectivity index (χ3v) is 8.56. The fraction of sp³-hybridized carbons (Fsp3) is 0.483. The third-order valence-electron chi connectivity index (χ3n) is 7.70. The van der Waals surface area contributed by atoms with Gasteiger partial charge in [0.2, 0.25) is 0 Å². The van der Waals surface area contributed by atoms with Crippen LogP contribution in [0.3, 0.4) is 0 Å². The summed E-state index contributed by atoms with van der Waals surface area (Å²) in [5.41, 5.74) is 4.76. The number of hydrogen-bond donors (Lipinski definition) is 1. The van der Waals surface area contributed by atoms with E-state index in [2.05, 4.69) is 64.4 Å². The van der Waals surface area contributed by atoms with E-state index >= 15 is 0 Å². The van der Waals surface area contributed by atoms with E-state index in [9.17, 15) is 4.79 Å². The maximum atomic E-state index is 13.3. The summed E-state index contributed by atoms with van der Waals surface area (Å²) in [7, 11) is 0. The van der Waals surface area contributed by atoms with Crippen molar-refractivity contribution in [1.82, 2.24) is 25.0 Å². The first-order chi connectivity index (χ1) is 17.7. The molecule has 0 bridgehead atoms. The first-order valence-corrected chi connectivity index (χ1v) is 14.4. The molecule has 1 aromatic carbocycles. The highest BCUT2D eigenvalue weighted by atomic mass is 32.2. The number of rotatable bonds is 9. The lowest BCUT2D eigenvalue weighted by atomic mass is 9.86. The summed E-state index contributed by atoms with van der Waals surface area (Å²) >= 11 is 1.78. The lowest BCUT2D eigenvalue weighted by molar-refractivity contribution is 0.207. The maximum absolute atomic E-state index is 13.3. The summed E-state index contributed by atoms with van der Waals surface area (Å²) in [5, 5.41) is 8.20.